The van der Waals surface area contributed by atoms with E-state index in [0.29, 0.717) is 6.54 Å². The third-order valence-corrected chi connectivity index (χ3v) is 4.53. The number of nitrogens with zero attached hydrogens (tertiary/aromatic N) is 1. The fraction of sp³-hybridized carbons (Fsp3) is 0.286. The van der Waals surface area contributed by atoms with Crippen LogP contribution in [0.5, 0.6) is 0 Å². The topological polar surface area (TPSA) is 49.5 Å². The summed E-state index contributed by atoms with van der Waals surface area (Å²) in [6.07, 6.45) is 0.614. The number of hydrogen-bond acceptors (Lipinski definition) is 4. The first kappa shape index (κ1) is 11.6. The highest BCUT2D eigenvalue weighted by molar-refractivity contribution is 7.20. The number of anilines is 1. The van der Waals surface area contributed by atoms with Gasteiger partial charge in [-0.3, -0.25) is 0 Å². The van der Waals surface area contributed by atoms with E-state index < -0.39 is 0 Å². The molecule has 0 amide bonds. The van der Waals surface area contributed by atoms with Gasteiger partial charge < -0.3 is 15.7 Å². The minimum absolute atomic E-state index is 0.216. The van der Waals surface area contributed by atoms with E-state index in [1.54, 1.807) is 11.3 Å². The minimum Gasteiger partial charge on any atom is -0.399 e. The molecule has 1 atom stereocenters. The summed E-state index contributed by atoms with van der Waals surface area (Å²) >= 11 is 1.72. The predicted molar refractivity (Wildman–Crippen MR) is 77.5 cm³/mol. The van der Waals surface area contributed by atoms with E-state index in [1.165, 1.54) is 4.70 Å². The Bertz CT molecular complexity index is 605. The van der Waals surface area contributed by atoms with Crippen LogP contribution in [0.3, 0.4) is 0 Å². The number of aliphatic hydroxyl groups is 1. The van der Waals surface area contributed by atoms with Gasteiger partial charge in [0.25, 0.3) is 0 Å². The number of likely N-dealkylation sites (tertiary alicyclic amines) is 1. The van der Waals surface area contributed by atoms with Gasteiger partial charge in [-0.1, -0.05) is 6.58 Å². The molecule has 0 aliphatic carbocycles. The highest BCUT2D eigenvalue weighted by Crippen LogP contribution is 2.33. The summed E-state index contributed by atoms with van der Waals surface area (Å²) in [4.78, 5) is 3.31. The maximum Gasteiger partial charge on any atom is 0.0731 e. The lowest BCUT2D eigenvalue weighted by molar-refractivity contribution is 0.187. The minimum atomic E-state index is -0.216. The number of aliphatic hydroxyl groups excluding tert-OH is 1. The SMILES string of the molecule is C=C(c1cc2cc(N)ccc2s1)N1CC[C@@H](O)C1. The molecular formula is C14H16N2OS. The maximum absolute atomic E-state index is 9.58. The number of β-amino-alcohol motifs (C(OH)–C–C–N with tert-alkyl or cyclic N) is 1. The summed E-state index contributed by atoms with van der Waals surface area (Å²) in [6.45, 7) is 5.73. The molecule has 0 radical (unpaired) electrons. The molecule has 94 valence electrons. The van der Waals surface area contributed by atoms with Crippen molar-refractivity contribution in [3.63, 3.8) is 0 Å². The first-order chi connectivity index (χ1) is 8.63. The molecule has 3 nitrogen and oxygen atoms in total. The van der Waals surface area contributed by atoms with Crippen LogP contribution in [0.15, 0.2) is 30.8 Å². The number of benzene rings is 1. The maximum atomic E-state index is 9.58. The number of fused-ring (bicyclic) bond motifs is 1. The van der Waals surface area contributed by atoms with Gasteiger partial charge in [0, 0.05) is 29.2 Å². The summed E-state index contributed by atoms with van der Waals surface area (Å²) < 4.78 is 1.22. The van der Waals surface area contributed by atoms with Crippen LogP contribution >= 0.6 is 11.3 Å². The highest BCUT2D eigenvalue weighted by Gasteiger charge is 2.22. The zero-order valence-electron chi connectivity index (χ0n) is 10.1. The van der Waals surface area contributed by atoms with Gasteiger partial charge >= 0.3 is 0 Å². The van der Waals surface area contributed by atoms with E-state index in [4.69, 9.17) is 5.73 Å². The van der Waals surface area contributed by atoms with E-state index in [1.807, 2.05) is 18.2 Å². The molecule has 4 heteroatoms. The third kappa shape index (κ3) is 1.98. The van der Waals surface area contributed by atoms with Gasteiger partial charge in [-0.05, 0) is 36.1 Å². The van der Waals surface area contributed by atoms with Crippen LogP contribution in [-0.2, 0) is 0 Å². The summed E-state index contributed by atoms with van der Waals surface area (Å²) in [5.41, 5.74) is 7.58. The molecule has 1 aromatic heterocycles. The van der Waals surface area contributed by atoms with Crippen LogP contribution in [0.4, 0.5) is 5.69 Å². The molecule has 2 aromatic rings. The van der Waals surface area contributed by atoms with Gasteiger partial charge in [0.15, 0.2) is 0 Å². The fourth-order valence-corrected chi connectivity index (χ4v) is 3.39. The molecule has 0 saturated carbocycles. The quantitative estimate of drug-likeness (QED) is 0.816. The first-order valence-corrected chi connectivity index (χ1v) is 6.86. The van der Waals surface area contributed by atoms with Crippen LogP contribution in [0.25, 0.3) is 15.8 Å². The first-order valence-electron chi connectivity index (χ1n) is 6.05. The van der Waals surface area contributed by atoms with Crippen LogP contribution in [0.1, 0.15) is 11.3 Å². The van der Waals surface area contributed by atoms with E-state index >= 15 is 0 Å². The van der Waals surface area contributed by atoms with Crippen LogP contribution in [0, 0.1) is 0 Å². The van der Waals surface area contributed by atoms with Gasteiger partial charge in [-0.15, -0.1) is 11.3 Å². The Morgan fingerprint density at radius 3 is 3.00 bits per heavy atom. The Labute approximate surface area is 110 Å². The summed E-state index contributed by atoms with van der Waals surface area (Å²) in [5.74, 6) is 0. The van der Waals surface area contributed by atoms with E-state index in [9.17, 15) is 5.11 Å². The second-order valence-electron chi connectivity index (χ2n) is 4.74. The monoisotopic (exact) mass is 260 g/mol. The van der Waals surface area contributed by atoms with E-state index in [2.05, 4.69) is 17.5 Å². The molecule has 3 rings (SSSR count). The molecule has 18 heavy (non-hydrogen) atoms. The molecule has 3 N–H and O–H groups in total. The Balaban J connectivity index is 1.92. The Morgan fingerprint density at radius 2 is 2.28 bits per heavy atom. The van der Waals surface area contributed by atoms with Crippen molar-refractivity contribution in [1.82, 2.24) is 4.90 Å². The highest BCUT2D eigenvalue weighted by atomic mass is 32.1. The van der Waals surface area contributed by atoms with Crippen molar-refractivity contribution in [2.24, 2.45) is 0 Å². The normalized spacial score (nSPS) is 19.6. The van der Waals surface area contributed by atoms with Gasteiger partial charge in [0.1, 0.15) is 0 Å². The average Bonchev–Trinajstić information content (AvgIpc) is 2.93. The van der Waals surface area contributed by atoms with Crippen molar-refractivity contribution >= 4 is 32.8 Å². The number of nitrogens with two attached hydrogens (primary N) is 1. The van der Waals surface area contributed by atoms with Gasteiger partial charge in [-0.2, -0.15) is 0 Å². The van der Waals surface area contributed by atoms with Crippen molar-refractivity contribution in [3.05, 3.63) is 35.7 Å². The lowest BCUT2D eigenvalue weighted by Crippen LogP contribution is -2.19. The van der Waals surface area contributed by atoms with E-state index in [0.717, 1.165) is 34.6 Å². The second-order valence-corrected chi connectivity index (χ2v) is 5.83. The second kappa shape index (κ2) is 4.30. The van der Waals surface area contributed by atoms with Gasteiger partial charge in [0.2, 0.25) is 0 Å². The zero-order valence-corrected chi connectivity index (χ0v) is 10.9. The zero-order chi connectivity index (χ0) is 12.7. The van der Waals surface area contributed by atoms with Crippen molar-refractivity contribution in [1.29, 1.82) is 0 Å². The summed E-state index contributed by atoms with van der Waals surface area (Å²) in [5, 5.41) is 10.7. The van der Waals surface area contributed by atoms with Gasteiger partial charge in [0.05, 0.1) is 11.0 Å². The third-order valence-electron chi connectivity index (χ3n) is 3.37. The Morgan fingerprint density at radius 1 is 1.44 bits per heavy atom. The molecule has 1 aromatic carbocycles. The van der Waals surface area contributed by atoms with Crippen molar-refractivity contribution < 1.29 is 5.11 Å². The molecular weight excluding hydrogens is 244 g/mol. The summed E-state index contributed by atoms with van der Waals surface area (Å²) in [7, 11) is 0. The lowest BCUT2D eigenvalue weighted by atomic mass is 10.2. The molecule has 0 spiro atoms. The van der Waals surface area contributed by atoms with Crippen molar-refractivity contribution in [3.8, 4) is 0 Å². The van der Waals surface area contributed by atoms with E-state index in [-0.39, 0.29) is 6.10 Å². The number of hydrogen-bond donors (Lipinski definition) is 2. The number of nitrogen functional groups attached to an aromatic ring is 1. The van der Waals surface area contributed by atoms with Crippen LogP contribution in [0.2, 0.25) is 0 Å². The molecule has 0 bridgehead atoms. The smallest absolute Gasteiger partial charge is 0.0731 e. The lowest BCUT2D eigenvalue weighted by Gasteiger charge is -2.19. The largest absolute Gasteiger partial charge is 0.399 e. The number of rotatable bonds is 2. The molecule has 2 heterocycles. The molecule has 0 unspecified atom stereocenters. The molecule has 1 saturated heterocycles. The number of thiophene rings is 1. The molecule has 1 aliphatic heterocycles. The Kier molecular flexibility index (Phi) is 2.76. The average molecular weight is 260 g/mol. The van der Waals surface area contributed by atoms with Crippen molar-refractivity contribution in [2.75, 3.05) is 18.8 Å². The molecule has 1 fully saturated rings. The molecule has 1 aliphatic rings. The van der Waals surface area contributed by atoms with Crippen LogP contribution < -0.4 is 5.73 Å². The fourth-order valence-electron chi connectivity index (χ4n) is 2.35. The predicted octanol–water partition coefficient (Wildman–Crippen LogP) is 2.52. The van der Waals surface area contributed by atoms with Crippen LogP contribution in [-0.4, -0.2) is 29.2 Å². The standard InChI is InChI=1S/C14H16N2OS/c1-9(16-5-4-12(17)8-16)14-7-10-6-11(15)2-3-13(10)18-14/h2-3,6-7,12,17H,1,4-5,8,15H2/t12-/m1/s1. The summed E-state index contributed by atoms with van der Waals surface area (Å²) in [6, 6.07) is 8.08. The Hall–Kier alpha value is -1.52. The van der Waals surface area contributed by atoms with Gasteiger partial charge in [-0.25, -0.2) is 0 Å². The van der Waals surface area contributed by atoms with Crippen molar-refractivity contribution in [2.45, 2.75) is 12.5 Å².